The first-order chi connectivity index (χ1) is 14.2. The fourth-order valence-corrected chi connectivity index (χ4v) is 3.91. The van der Waals surface area contributed by atoms with Crippen LogP contribution in [0.5, 0.6) is 0 Å². The van der Waals surface area contributed by atoms with E-state index in [9.17, 15) is 8.78 Å². The number of thiazole rings is 1. The number of para-hydroxylation sites is 1. The van der Waals surface area contributed by atoms with Crippen LogP contribution in [0, 0.1) is 0 Å². The van der Waals surface area contributed by atoms with Gasteiger partial charge in [0.25, 0.3) is 6.43 Å². The normalized spacial score (nSPS) is 11.4. The van der Waals surface area contributed by atoms with Gasteiger partial charge < -0.3 is 5.32 Å². The Bertz CT molecular complexity index is 1320. The summed E-state index contributed by atoms with van der Waals surface area (Å²) in [5.74, 6) is 1.22. The topological polar surface area (TPSA) is 63.6 Å². The van der Waals surface area contributed by atoms with E-state index in [-0.39, 0.29) is 5.01 Å². The Labute approximate surface area is 168 Å². The standard InChI is InChI=1S/C21H13F2N5S/c22-18(23)21-27-16-6-5-13(11-17(16)29-21)25-20-14-3-1-2-4-15(14)26-19(28-20)12-7-9-24-10-8-12/h1-11,18H,(H,25,26,28). The average molecular weight is 405 g/mol. The predicted molar refractivity (Wildman–Crippen MR) is 111 cm³/mol. The Morgan fingerprint density at radius 3 is 2.52 bits per heavy atom. The van der Waals surface area contributed by atoms with Gasteiger partial charge in [0.2, 0.25) is 0 Å². The molecule has 1 N–H and O–H groups in total. The Balaban J connectivity index is 1.60. The summed E-state index contributed by atoms with van der Waals surface area (Å²) in [6.07, 6.45) is 0.816. The fourth-order valence-electron chi connectivity index (χ4n) is 3.05. The third-order valence-electron chi connectivity index (χ3n) is 4.40. The summed E-state index contributed by atoms with van der Waals surface area (Å²) < 4.78 is 26.6. The molecule has 0 amide bonds. The summed E-state index contributed by atoms with van der Waals surface area (Å²) in [6, 6.07) is 16.7. The first-order valence-corrected chi connectivity index (χ1v) is 9.62. The molecule has 5 nitrogen and oxygen atoms in total. The van der Waals surface area contributed by atoms with Gasteiger partial charge in [0.1, 0.15) is 5.82 Å². The summed E-state index contributed by atoms with van der Waals surface area (Å²) in [5.41, 5.74) is 2.95. The molecule has 0 spiro atoms. The number of pyridine rings is 1. The summed E-state index contributed by atoms with van der Waals surface area (Å²) >= 11 is 0.993. The minimum atomic E-state index is -2.57. The number of rotatable bonds is 4. The molecule has 5 rings (SSSR count). The first-order valence-electron chi connectivity index (χ1n) is 8.80. The molecule has 3 heterocycles. The van der Waals surface area contributed by atoms with E-state index in [1.54, 1.807) is 24.5 Å². The maximum absolute atomic E-state index is 12.9. The highest BCUT2D eigenvalue weighted by Crippen LogP contribution is 2.33. The Kier molecular flexibility index (Phi) is 4.33. The molecule has 0 saturated heterocycles. The van der Waals surface area contributed by atoms with E-state index in [1.165, 1.54) is 0 Å². The van der Waals surface area contributed by atoms with Crippen LogP contribution in [0.4, 0.5) is 20.3 Å². The van der Waals surface area contributed by atoms with Crippen molar-refractivity contribution in [1.82, 2.24) is 19.9 Å². The van der Waals surface area contributed by atoms with Crippen molar-refractivity contribution >= 4 is 44.0 Å². The largest absolute Gasteiger partial charge is 0.340 e. The Morgan fingerprint density at radius 2 is 1.69 bits per heavy atom. The quantitative estimate of drug-likeness (QED) is 0.398. The molecule has 8 heteroatoms. The molecular weight excluding hydrogens is 392 g/mol. The fraction of sp³-hybridized carbons (Fsp3) is 0.0476. The number of nitrogens with one attached hydrogen (secondary N) is 1. The van der Waals surface area contributed by atoms with Gasteiger partial charge in [-0.25, -0.2) is 23.7 Å². The molecule has 0 bridgehead atoms. The van der Waals surface area contributed by atoms with Crippen LogP contribution in [0.15, 0.2) is 67.0 Å². The highest BCUT2D eigenvalue weighted by atomic mass is 32.1. The number of nitrogens with zero attached hydrogens (tertiary/aromatic N) is 4. The summed E-state index contributed by atoms with van der Waals surface area (Å²) in [5, 5.41) is 4.00. The maximum atomic E-state index is 12.9. The molecule has 29 heavy (non-hydrogen) atoms. The lowest BCUT2D eigenvalue weighted by Crippen LogP contribution is -1.99. The van der Waals surface area contributed by atoms with Crippen molar-refractivity contribution < 1.29 is 8.78 Å². The predicted octanol–water partition coefficient (Wildman–Crippen LogP) is 5.98. The van der Waals surface area contributed by atoms with Crippen LogP contribution in [-0.4, -0.2) is 19.9 Å². The average Bonchev–Trinajstić information content (AvgIpc) is 3.18. The van der Waals surface area contributed by atoms with E-state index in [1.807, 2.05) is 42.5 Å². The summed E-state index contributed by atoms with van der Waals surface area (Å²) in [6.45, 7) is 0. The number of aromatic nitrogens is 4. The zero-order valence-electron chi connectivity index (χ0n) is 14.9. The monoisotopic (exact) mass is 405 g/mol. The maximum Gasteiger partial charge on any atom is 0.289 e. The summed E-state index contributed by atoms with van der Waals surface area (Å²) in [7, 11) is 0. The lowest BCUT2D eigenvalue weighted by molar-refractivity contribution is 0.151. The van der Waals surface area contributed by atoms with Crippen molar-refractivity contribution in [3.8, 4) is 11.4 Å². The van der Waals surface area contributed by atoms with Gasteiger partial charge in [0.05, 0.1) is 15.7 Å². The van der Waals surface area contributed by atoms with Crippen LogP contribution < -0.4 is 5.32 Å². The molecule has 0 fully saturated rings. The minimum Gasteiger partial charge on any atom is -0.340 e. The molecule has 3 aromatic heterocycles. The number of alkyl halides is 2. The second-order valence-corrected chi connectivity index (χ2v) is 7.37. The van der Waals surface area contributed by atoms with E-state index in [0.29, 0.717) is 21.9 Å². The van der Waals surface area contributed by atoms with Gasteiger partial charge in [-0.1, -0.05) is 12.1 Å². The lowest BCUT2D eigenvalue weighted by atomic mass is 10.2. The smallest absolute Gasteiger partial charge is 0.289 e. The number of fused-ring (bicyclic) bond motifs is 2. The zero-order valence-corrected chi connectivity index (χ0v) is 15.7. The highest BCUT2D eigenvalue weighted by Gasteiger charge is 2.14. The molecule has 0 saturated carbocycles. The second-order valence-electron chi connectivity index (χ2n) is 6.31. The molecule has 0 radical (unpaired) electrons. The van der Waals surface area contributed by atoms with E-state index in [4.69, 9.17) is 4.98 Å². The molecule has 0 unspecified atom stereocenters. The van der Waals surface area contributed by atoms with Crippen LogP contribution in [-0.2, 0) is 0 Å². The van der Waals surface area contributed by atoms with Crippen LogP contribution in [0.2, 0.25) is 0 Å². The molecular formula is C21H13F2N5S. The van der Waals surface area contributed by atoms with Gasteiger partial charge in [-0.05, 0) is 42.5 Å². The van der Waals surface area contributed by atoms with Gasteiger partial charge in [0, 0.05) is 29.0 Å². The molecule has 0 aliphatic carbocycles. The number of halogens is 2. The van der Waals surface area contributed by atoms with Crippen molar-refractivity contribution in [2.45, 2.75) is 6.43 Å². The van der Waals surface area contributed by atoms with Crippen LogP contribution >= 0.6 is 11.3 Å². The number of benzene rings is 2. The van der Waals surface area contributed by atoms with Crippen molar-refractivity contribution in [1.29, 1.82) is 0 Å². The zero-order chi connectivity index (χ0) is 19.8. The third-order valence-corrected chi connectivity index (χ3v) is 5.42. The van der Waals surface area contributed by atoms with Gasteiger partial charge in [0.15, 0.2) is 10.8 Å². The van der Waals surface area contributed by atoms with Gasteiger partial charge in [-0.15, -0.1) is 11.3 Å². The van der Waals surface area contributed by atoms with E-state index >= 15 is 0 Å². The molecule has 0 aliphatic heterocycles. The lowest BCUT2D eigenvalue weighted by Gasteiger charge is -2.11. The van der Waals surface area contributed by atoms with Crippen molar-refractivity contribution in [3.05, 3.63) is 72.0 Å². The number of hydrogen-bond acceptors (Lipinski definition) is 6. The van der Waals surface area contributed by atoms with Gasteiger partial charge in [-0.3, -0.25) is 4.98 Å². The van der Waals surface area contributed by atoms with E-state index in [0.717, 1.165) is 33.5 Å². The minimum absolute atomic E-state index is 0.176. The van der Waals surface area contributed by atoms with Gasteiger partial charge >= 0.3 is 0 Å². The van der Waals surface area contributed by atoms with Crippen molar-refractivity contribution in [3.63, 3.8) is 0 Å². The Morgan fingerprint density at radius 1 is 0.862 bits per heavy atom. The van der Waals surface area contributed by atoms with Crippen LogP contribution in [0.1, 0.15) is 11.4 Å². The number of anilines is 2. The second kappa shape index (κ2) is 7.14. The Hall–Kier alpha value is -3.52. The van der Waals surface area contributed by atoms with Gasteiger partial charge in [-0.2, -0.15) is 0 Å². The van der Waals surface area contributed by atoms with Crippen molar-refractivity contribution in [2.75, 3.05) is 5.32 Å². The van der Waals surface area contributed by atoms with Crippen LogP contribution in [0.25, 0.3) is 32.5 Å². The first kappa shape index (κ1) is 17.6. The SMILES string of the molecule is FC(F)c1nc2ccc(Nc3nc(-c4ccncc4)nc4ccccc34)cc2s1. The van der Waals surface area contributed by atoms with Crippen LogP contribution in [0.3, 0.4) is 0 Å². The third kappa shape index (κ3) is 3.38. The molecule has 0 atom stereocenters. The molecule has 5 aromatic rings. The number of hydrogen-bond donors (Lipinski definition) is 1. The van der Waals surface area contributed by atoms with E-state index < -0.39 is 6.43 Å². The van der Waals surface area contributed by atoms with Crippen molar-refractivity contribution in [2.24, 2.45) is 0 Å². The highest BCUT2D eigenvalue weighted by molar-refractivity contribution is 7.18. The molecule has 0 aliphatic rings. The molecule has 142 valence electrons. The summed E-state index contributed by atoms with van der Waals surface area (Å²) in [4.78, 5) is 17.4. The molecule has 2 aromatic carbocycles. The van der Waals surface area contributed by atoms with E-state index in [2.05, 4.69) is 20.3 Å².